The van der Waals surface area contributed by atoms with Gasteiger partial charge in [0.1, 0.15) is 19.3 Å². The van der Waals surface area contributed by atoms with E-state index in [1.165, 1.54) is 48.9 Å². The lowest BCUT2D eigenvalue weighted by Gasteiger charge is -2.23. The Kier molecular flexibility index (Phi) is 11.9. The third-order valence-electron chi connectivity index (χ3n) is 8.69. The summed E-state index contributed by atoms with van der Waals surface area (Å²) in [5.41, 5.74) is 0.323. The summed E-state index contributed by atoms with van der Waals surface area (Å²) in [6.45, 7) is 5.29. The summed E-state index contributed by atoms with van der Waals surface area (Å²) < 4.78 is 29.8. The van der Waals surface area contributed by atoms with E-state index in [0.717, 1.165) is 22.5 Å². The first-order valence-electron chi connectivity index (χ1n) is 17.4. The van der Waals surface area contributed by atoms with E-state index < -0.39 is 33.1 Å². The largest absolute Gasteiger partial charge is 0.493 e. The normalized spacial score (nSPS) is 13.7. The maximum absolute atomic E-state index is 14.1. The summed E-state index contributed by atoms with van der Waals surface area (Å²) in [5.74, 6) is -0.228. The lowest BCUT2D eigenvalue weighted by Crippen LogP contribution is -2.35. The van der Waals surface area contributed by atoms with Crippen LogP contribution in [0.5, 0.6) is 23.0 Å². The molecular weight excluding hydrogens is 745 g/mol. The highest BCUT2D eigenvalue weighted by Crippen LogP contribution is 2.43. The first-order valence-corrected chi connectivity index (χ1v) is 18.2. The number of aromatic nitrogens is 1. The Bertz CT molecular complexity index is 2520. The molecule has 0 spiro atoms. The monoisotopic (exact) mass is 780 g/mol. The lowest BCUT2D eigenvalue weighted by atomic mass is 9.94. The molecule has 6 rings (SSSR count). The van der Waals surface area contributed by atoms with Gasteiger partial charge < -0.3 is 23.7 Å². The Labute approximate surface area is 323 Å². The third-order valence-corrected chi connectivity index (χ3v) is 9.68. The lowest BCUT2D eigenvalue weighted by molar-refractivity contribution is -0.385. The smallest absolute Gasteiger partial charge is 0.338 e. The maximum Gasteiger partial charge on any atom is 0.338 e. The van der Waals surface area contributed by atoms with Crippen LogP contribution in [-0.4, -0.2) is 40.7 Å². The van der Waals surface area contributed by atoms with Gasteiger partial charge in [-0.25, -0.2) is 9.79 Å². The van der Waals surface area contributed by atoms with Gasteiger partial charge >= 0.3 is 5.97 Å². The molecule has 0 unspecified atom stereocenters. The van der Waals surface area contributed by atoms with Crippen LogP contribution in [0.25, 0.3) is 11.8 Å². The Morgan fingerprint density at radius 2 is 1.39 bits per heavy atom. The summed E-state index contributed by atoms with van der Waals surface area (Å²) in [4.78, 5) is 56.2. The highest BCUT2D eigenvalue weighted by Gasteiger charge is 2.36. The molecule has 0 fully saturated rings. The summed E-state index contributed by atoms with van der Waals surface area (Å²) >= 11 is 0.892. The van der Waals surface area contributed by atoms with Crippen LogP contribution in [0.15, 0.2) is 100 Å². The van der Waals surface area contributed by atoms with Crippen molar-refractivity contribution in [3.05, 3.63) is 153 Å². The fourth-order valence-corrected chi connectivity index (χ4v) is 7.12. The molecule has 1 aliphatic heterocycles. The molecule has 0 N–H and O–H groups in total. The predicted molar refractivity (Wildman–Crippen MR) is 207 cm³/mol. The average Bonchev–Trinajstić information content (AvgIpc) is 3.51. The minimum absolute atomic E-state index is 0.0120. The van der Waals surface area contributed by atoms with Crippen LogP contribution in [0.1, 0.15) is 49.1 Å². The summed E-state index contributed by atoms with van der Waals surface area (Å²) in [6, 6.07) is 22.4. The van der Waals surface area contributed by atoms with Gasteiger partial charge in [0.05, 0.1) is 63.5 Å². The molecule has 16 heteroatoms. The highest BCUT2D eigenvalue weighted by atomic mass is 32.1. The van der Waals surface area contributed by atoms with Crippen molar-refractivity contribution < 1.29 is 38.3 Å². The fraction of sp³-hybridized carbons (Fsp3) is 0.225. The molecule has 5 aromatic rings. The van der Waals surface area contributed by atoms with Crippen molar-refractivity contribution in [3.63, 3.8) is 0 Å². The number of nitrogens with zero attached hydrogens (tertiary/aromatic N) is 4. The van der Waals surface area contributed by atoms with Gasteiger partial charge in [0.2, 0.25) is 0 Å². The van der Waals surface area contributed by atoms with E-state index >= 15 is 0 Å². The van der Waals surface area contributed by atoms with Crippen LogP contribution in [0.4, 0.5) is 11.4 Å². The van der Waals surface area contributed by atoms with E-state index in [0.29, 0.717) is 0 Å². The van der Waals surface area contributed by atoms with Gasteiger partial charge in [-0.15, -0.1) is 0 Å². The van der Waals surface area contributed by atoms with E-state index in [1.807, 2.05) is 60.7 Å². The Hall–Kier alpha value is -6.81. The number of allylic oxidation sites excluding steroid dienone is 1. The molecule has 1 atom stereocenters. The van der Waals surface area contributed by atoms with E-state index in [2.05, 4.69) is 0 Å². The molecule has 0 saturated heterocycles. The van der Waals surface area contributed by atoms with Crippen LogP contribution in [-0.2, 0) is 22.7 Å². The van der Waals surface area contributed by atoms with Crippen molar-refractivity contribution in [1.29, 1.82) is 0 Å². The predicted octanol–water partition coefficient (Wildman–Crippen LogP) is 6.29. The Morgan fingerprint density at radius 3 is 1.95 bits per heavy atom. The van der Waals surface area contributed by atoms with Gasteiger partial charge in [0.15, 0.2) is 27.8 Å². The zero-order chi connectivity index (χ0) is 39.9. The Balaban J connectivity index is 1.49. The molecule has 1 aliphatic rings. The number of hydrogen-bond acceptors (Lipinski definition) is 13. The number of nitro benzene ring substituents is 2. The first kappa shape index (κ1) is 38.9. The van der Waals surface area contributed by atoms with Crippen LogP contribution < -0.4 is 33.8 Å². The SMILES string of the molecule is CCOC(=O)C1=C(C)n2c(s/c(=C\c3cc(OCC)c(OCc4ccccc4)cc3[N+](=O)[O-])c2=O)=N[C@@H]1c1cc(OC)c(OCc2ccccc2)cc1[N+](=O)[O-]. The number of thiazole rings is 1. The summed E-state index contributed by atoms with van der Waals surface area (Å²) in [6.07, 6.45) is 1.34. The first-order chi connectivity index (χ1) is 27.0. The van der Waals surface area contributed by atoms with Crippen molar-refractivity contribution in [1.82, 2.24) is 4.57 Å². The summed E-state index contributed by atoms with van der Waals surface area (Å²) in [7, 11) is 1.38. The van der Waals surface area contributed by atoms with Crippen molar-refractivity contribution in [2.75, 3.05) is 20.3 Å². The standard InChI is InChI=1S/C40H36N4O11S/c1-5-52-32-17-27(29(43(47)48)20-34(32)55-23-26-15-11-8-12-16-26)18-35-38(45)42-24(3)36(39(46)53-6-2)37(41-40(42)56-35)28-19-31(51-4)33(21-30(28)44(49)50)54-22-25-13-9-7-10-14-25/h7-21,37H,5-6,22-23H2,1-4H3/b35-18-/t37-/m1/s1. The molecule has 0 radical (unpaired) electrons. The van der Waals surface area contributed by atoms with Crippen molar-refractivity contribution in [2.45, 2.75) is 40.0 Å². The number of esters is 1. The quantitative estimate of drug-likeness (QED) is 0.0661. The fourth-order valence-electron chi connectivity index (χ4n) is 6.09. The zero-order valence-corrected chi connectivity index (χ0v) is 31.6. The van der Waals surface area contributed by atoms with E-state index in [-0.39, 0.29) is 86.8 Å². The molecule has 288 valence electrons. The highest BCUT2D eigenvalue weighted by molar-refractivity contribution is 7.07. The maximum atomic E-state index is 14.1. The zero-order valence-electron chi connectivity index (χ0n) is 30.8. The van der Waals surface area contributed by atoms with Gasteiger partial charge in [-0.1, -0.05) is 72.0 Å². The summed E-state index contributed by atoms with van der Waals surface area (Å²) in [5, 5.41) is 24.9. The molecule has 15 nitrogen and oxygen atoms in total. The molecule has 2 heterocycles. The number of methoxy groups -OCH3 is 1. The van der Waals surface area contributed by atoms with E-state index in [9.17, 15) is 29.8 Å². The number of rotatable bonds is 15. The van der Waals surface area contributed by atoms with Gasteiger partial charge in [-0.3, -0.25) is 29.6 Å². The molecule has 0 aliphatic carbocycles. The van der Waals surface area contributed by atoms with Crippen LogP contribution in [0, 0.1) is 20.2 Å². The topological polar surface area (TPSA) is 184 Å². The van der Waals surface area contributed by atoms with Gasteiger partial charge in [0, 0.05) is 5.70 Å². The second-order valence-electron chi connectivity index (χ2n) is 12.2. The van der Waals surface area contributed by atoms with E-state index in [1.54, 1.807) is 13.8 Å². The molecule has 1 aromatic heterocycles. The second kappa shape index (κ2) is 17.1. The van der Waals surface area contributed by atoms with Gasteiger partial charge in [0.25, 0.3) is 16.9 Å². The van der Waals surface area contributed by atoms with Gasteiger partial charge in [-0.2, -0.15) is 0 Å². The molecule has 0 saturated carbocycles. The Morgan fingerprint density at radius 1 is 0.821 bits per heavy atom. The van der Waals surface area contributed by atoms with Crippen LogP contribution >= 0.6 is 11.3 Å². The average molecular weight is 781 g/mol. The van der Waals surface area contributed by atoms with E-state index in [4.69, 9.17) is 28.7 Å². The van der Waals surface area contributed by atoms with Crippen LogP contribution in [0.2, 0.25) is 0 Å². The number of nitro groups is 2. The molecule has 0 bridgehead atoms. The third kappa shape index (κ3) is 8.14. The van der Waals surface area contributed by atoms with Crippen molar-refractivity contribution >= 4 is 40.5 Å². The minimum atomic E-state index is -1.31. The molecular formula is C40H36N4O11S. The molecule has 4 aromatic carbocycles. The molecule has 0 amide bonds. The van der Waals surface area contributed by atoms with Crippen molar-refractivity contribution in [3.8, 4) is 23.0 Å². The van der Waals surface area contributed by atoms with Crippen molar-refractivity contribution in [2.24, 2.45) is 4.99 Å². The molecule has 56 heavy (non-hydrogen) atoms. The van der Waals surface area contributed by atoms with Crippen LogP contribution in [0.3, 0.4) is 0 Å². The minimum Gasteiger partial charge on any atom is -0.493 e. The number of ether oxygens (including phenoxy) is 5. The number of carbonyl (C=O) groups is 1. The number of carbonyl (C=O) groups excluding carboxylic acids is 1. The number of benzene rings is 4. The number of hydrogen-bond donors (Lipinski definition) is 0. The van der Waals surface area contributed by atoms with Gasteiger partial charge in [-0.05, 0) is 50.1 Å². The second-order valence-corrected chi connectivity index (χ2v) is 13.2. The number of fused-ring (bicyclic) bond motifs is 1.